The van der Waals surface area contributed by atoms with Crippen LogP contribution in [0.2, 0.25) is 0 Å². The van der Waals surface area contributed by atoms with Crippen molar-refractivity contribution < 1.29 is 0 Å². The van der Waals surface area contributed by atoms with E-state index >= 15 is 0 Å². The minimum Gasteiger partial charge on any atom is -0.343 e. The molecule has 86 valence electrons. The molecule has 2 aromatic rings. The third kappa shape index (κ3) is 1.47. The number of hydrogen-bond donors (Lipinski definition) is 2. The van der Waals surface area contributed by atoms with Crippen molar-refractivity contribution in [2.24, 2.45) is 0 Å². The van der Waals surface area contributed by atoms with Crippen molar-refractivity contribution in [3.8, 4) is 6.07 Å². The topological polar surface area (TPSA) is 69.4 Å². The molecule has 5 nitrogen and oxygen atoms in total. The van der Waals surface area contributed by atoms with Crippen LogP contribution in [0.3, 0.4) is 0 Å². The van der Waals surface area contributed by atoms with Crippen molar-refractivity contribution in [2.45, 2.75) is 19.5 Å². The molecule has 2 aromatic heterocycles. The molecule has 0 bridgehead atoms. The van der Waals surface area contributed by atoms with E-state index in [2.05, 4.69) is 25.9 Å². The maximum Gasteiger partial charge on any atom is 0.153 e. The molecule has 3 heterocycles. The molecule has 0 saturated heterocycles. The van der Waals surface area contributed by atoms with Gasteiger partial charge in [-0.2, -0.15) is 5.26 Å². The first-order valence-electron chi connectivity index (χ1n) is 5.52. The lowest BCUT2D eigenvalue weighted by atomic mass is 10.2. The smallest absolute Gasteiger partial charge is 0.153 e. The molecule has 0 aromatic carbocycles. The van der Waals surface area contributed by atoms with Crippen LogP contribution in [0.1, 0.15) is 17.7 Å². The van der Waals surface area contributed by atoms with Gasteiger partial charge in [0.05, 0.1) is 23.1 Å². The summed E-state index contributed by atoms with van der Waals surface area (Å²) < 4.78 is 2.68. The number of rotatable bonds is 0. The van der Waals surface area contributed by atoms with Crippen LogP contribution in [0.4, 0.5) is 0 Å². The zero-order chi connectivity index (χ0) is 11.8. The monoisotopic (exact) mass is 245 g/mol. The zero-order valence-corrected chi connectivity index (χ0v) is 9.97. The lowest BCUT2D eigenvalue weighted by Crippen LogP contribution is -2.12. The maximum atomic E-state index is 9.30. The van der Waals surface area contributed by atoms with E-state index in [9.17, 15) is 5.26 Å². The summed E-state index contributed by atoms with van der Waals surface area (Å²) in [4.78, 5) is 7.14. The number of hydrogen-bond acceptors (Lipinski definition) is 4. The van der Waals surface area contributed by atoms with E-state index in [1.54, 1.807) is 6.33 Å². The Labute approximate surface area is 103 Å². The van der Waals surface area contributed by atoms with Gasteiger partial charge in [0.15, 0.2) is 4.64 Å². The molecule has 0 aliphatic carbocycles. The molecule has 0 spiro atoms. The molecule has 6 heteroatoms. The van der Waals surface area contributed by atoms with Crippen LogP contribution in [0.5, 0.6) is 0 Å². The van der Waals surface area contributed by atoms with Crippen molar-refractivity contribution in [2.75, 3.05) is 6.54 Å². The highest BCUT2D eigenvalue weighted by Gasteiger charge is 2.19. The van der Waals surface area contributed by atoms with Gasteiger partial charge >= 0.3 is 0 Å². The molecule has 3 rings (SSSR count). The summed E-state index contributed by atoms with van der Waals surface area (Å²) in [6.45, 7) is 2.55. The second-order valence-corrected chi connectivity index (χ2v) is 4.43. The molecule has 0 amide bonds. The molecular weight excluding hydrogens is 234 g/mol. The molecule has 1 aliphatic rings. The molecule has 2 N–H and O–H groups in total. The standard InChI is InChI=1S/C11H11N5S/c12-4-7-8-5-13-2-1-3-16(8)10-9(7)14-6-15-11(10)17/h6,13H,1-3,5H2,(H,14,15,17). The van der Waals surface area contributed by atoms with Crippen molar-refractivity contribution in [1.29, 1.82) is 5.26 Å². The van der Waals surface area contributed by atoms with Crippen LogP contribution >= 0.6 is 12.2 Å². The van der Waals surface area contributed by atoms with E-state index in [1.165, 1.54) is 0 Å². The Morgan fingerprint density at radius 2 is 2.41 bits per heavy atom. The molecule has 0 fully saturated rings. The average Bonchev–Trinajstić information content (AvgIpc) is 2.49. The first-order valence-corrected chi connectivity index (χ1v) is 5.93. The van der Waals surface area contributed by atoms with Crippen molar-refractivity contribution >= 4 is 23.3 Å². The van der Waals surface area contributed by atoms with Gasteiger partial charge in [0.25, 0.3) is 0 Å². The van der Waals surface area contributed by atoms with Crippen LogP contribution in [-0.4, -0.2) is 21.1 Å². The molecule has 0 saturated carbocycles. The Morgan fingerprint density at radius 1 is 1.53 bits per heavy atom. The normalized spacial score (nSPS) is 15.2. The summed E-state index contributed by atoms with van der Waals surface area (Å²) in [5.74, 6) is 0. The number of aromatic amines is 1. The lowest BCUT2D eigenvalue weighted by Gasteiger charge is -2.04. The van der Waals surface area contributed by atoms with Crippen LogP contribution in [0.15, 0.2) is 6.33 Å². The largest absolute Gasteiger partial charge is 0.343 e. The third-order valence-electron chi connectivity index (χ3n) is 3.10. The summed E-state index contributed by atoms with van der Waals surface area (Å²) >= 11 is 5.26. The van der Waals surface area contributed by atoms with E-state index in [-0.39, 0.29) is 0 Å². The highest BCUT2D eigenvalue weighted by molar-refractivity contribution is 7.71. The zero-order valence-electron chi connectivity index (χ0n) is 9.16. The fourth-order valence-electron chi connectivity index (χ4n) is 2.37. The van der Waals surface area contributed by atoms with Gasteiger partial charge in [0.2, 0.25) is 0 Å². The highest BCUT2D eigenvalue weighted by atomic mass is 32.1. The fraction of sp³-hybridized carbons (Fsp3) is 0.364. The van der Waals surface area contributed by atoms with Gasteiger partial charge in [0.1, 0.15) is 11.6 Å². The predicted molar refractivity (Wildman–Crippen MR) is 66.0 cm³/mol. The summed E-state index contributed by atoms with van der Waals surface area (Å²) in [6.07, 6.45) is 2.59. The number of nitriles is 1. The van der Waals surface area contributed by atoms with E-state index in [4.69, 9.17) is 12.2 Å². The highest BCUT2D eigenvalue weighted by Crippen LogP contribution is 2.25. The van der Waals surface area contributed by atoms with Gasteiger partial charge in [-0.25, -0.2) is 4.98 Å². The fourth-order valence-corrected chi connectivity index (χ4v) is 2.63. The average molecular weight is 245 g/mol. The van der Waals surface area contributed by atoms with Crippen molar-refractivity contribution in [3.05, 3.63) is 22.2 Å². The first-order chi connectivity index (χ1) is 8.33. The van der Waals surface area contributed by atoms with Crippen LogP contribution in [-0.2, 0) is 13.1 Å². The SMILES string of the molecule is N#Cc1c2n(c3c(=S)nc[nH]c13)CCCNC2. The van der Waals surface area contributed by atoms with E-state index in [1.807, 2.05) is 0 Å². The Kier molecular flexibility index (Phi) is 2.42. The number of fused-ring (bicyclic) bond motifs is 3. The minimum absolute atomic E-state index is 0.559. The van der Waals surface area contributed by atoms with Gasteiger partial charge < -0.3 is 14.9 Å². The second kappa shape index (κ2) is 3.95. The minimum atomic E-state index is 0.559. The number of H-pyrrole nitrogens is 1. The van der Waals surface area contributed by atoms with Crippen LogP contribution in [0.25, 0.3) is 11.0 Å². The Balaban J connectivity index is 2.46. The summed E-state index contributed by atoms with van der Waals surface area (Å²) in [5.41, 5.74) is 3.39. The summed E-state index contributed by atoms with van der Waals surface area (Å²) in [7, 11) is 0. The maximum absolute atomic E-state index is 9.30. The molecule has 0 unspecified atom stereocenters. The van der Waals surface area contributed by atoms with Gasteiger partial charge in [-0.1, -0.05) is 12.2 Å². The lowest BCUT2D eigenvalue weighted by molar-refractivity contribution is 0.653. The van der Waals surface area contributed by atoms with Crippen molar-refractivity contribution in [3.63, 3.8) is 0 Å². The Bertz CT molecular complexity index is 675. The van der Waals surface area contributed by atoms with Gasteiger partial charge in [-0.3, -0.25) is 0 Å². The van der Waals surface area contributed by atoms with E-state index < -0.39 is 0 Å². The molecule has 0 atom stereocenters. The number of aromatic nitrogens is 3. The molecule has 0 radical (unpaired) electrons. The van der Waals surface area contributed by atoms with E-state index in [0.29, 0.717) is 16.7 Å². The van der Waals surface area contributed by atoms with Crippen LogP contribution in [0, 0.1) is 16.0 Å². The molecule has 17 heavy (non-hydrogen) atoms. The van der Waals surface area contributed by atoms with Crippen molar-refractivity contribution in [1.82, 2.24) is 19.9 Å². The number of aryl methyl sites for hydroxylation is 1. The van der Waals surface area contributed by atoms with E-state index in [0.717, 1.165) is 36.2 Å². The Hall–Kier alpha value is -1.71. The molecular formula is C11H11N5S. The second-order valence-electron chi connectivity index (χ2n) is 4.05. The van der Waals surface area contributed by atoms with Crippen LogP contribution < -0.4 is 5.32 Å². The third-order valence-corrected chi connectivity index (χ3v) is 3.40. The quantitative estimate of drug-likeness (QED) is 0.689. The first kappa shape index (κ1) is 10.4. The predicted octanol–water partition coefficient (Wildman–Crippen LogP) is 1.46. The molecule has 1 aliphatic heterocycles. The Morgan fingerprint density at radius 3 is 3.24 bits per heavy atom. The summed E-state index contributed by atoms with van der Waals surface area (Å²) in [5, 5.41) is 12.6. The number of nitrogens with one attached hydrogen (secondary N) is 2. The van der Waals surface area contributed by atoms with Gasteiger partial charge in [-0.05, 0) is 13.0 Å². The summed E-state index contributed by atoms with van der Waals surface area (Å²) in [6, 6.07) is 2.27. The van der Waals surface area contributed by atoms with Gasteiger partial charge in [0, 0.05) is 13.1 Å². The van der Waals surface area contributed by atoms with Gasteiger partial charge in [-0.15, -0.1) is 0 Å². The number of nitrogens with zero attached hydrogens (tertiary/aromatic N) is 3.